The van der Waals surface area contributed by atoms with Crippen LogP contribution in [0.25, 0.3) is 0 Å². The van der Waals surface area contributed by atoms with E-state index in [-0.39, 0.29) is 5.54 Å². The molecule has 2 nitrogen and oxygen atoms in total. The largest absolute Gasteiger partial charge is 0.378 e. The van der Waals surface area contributed by atoms with Gasteiger partial charge in [0.2, 0.25) is 0 Å². The number of rotatable bonds is 3. The third-order valence-corrected chi connectivity index (χ3v) is 4.81. The Morgan fingerprint density at radius 2 is 2.11 bits per heavy atom. The van der Waals surface area contributed by atoms with Crippen LogP contribution in [0.4, 0.5) is 0 Å². The fourth-order valence-corrected chi connectivity index (χ4v) is 3.66. The summed E-state index contributed by atoms with van der Waals surface area (Å²) in [4.78, 5) is 0. The van der Waals surface area contributed by atoms with E-state index in [0.29, 0.717) is 6.10 Å². The van der Waals surface area contributed by atoms with Crippen molar-refractivity contribution in [1.29, 1.82) is 0 Å². The molecule has 0 aromatic heterocycles. The quantitative estimate of drug-likeness (QED) is 0.843. The first-order chi connectivity index (χ1) is 9.28. The Hall–Kier alpha value is -0.860. The molecule has 2 atom stereocenters. The SMILES string of the molecule is NC1(CCC2CCCO2)CCCCc2ccccc21. The second-order valence-electron chi connectivity index (χ2n) is 6.19. The summed E-state index contributed by atoms with van der Waals surface area (Å²) in [5.41, 5.74) is 9.53. The zero-order valence-electron chi connectivity index (χ0n) is 11.7. The smallest absolute Gasteiger partial charge is 0.0576 e. The van der Waals surface area contributed by atoms with Gasteiger partial charge in [-0.15, -0.1) is 0 Å². The summed E-state index contributed by atoms with van der Waals surface area (Å²) in [6, 6.07) is 8.78. The molecule has 1 saturated heterocycles. The van der Waals surface area contributed by atoms with Crippen LogP contribution >= 0.6 is 0 Å². The van der Waals surface area contributed by atoms with Gasteiger partial charge in [0.1, 0.15) is 0 Å². The summed E-state index contributed by atoms with van der Waals surface area (Å²) < 4.78 is 5.75. The number of hydrogen-bond acceptors (Lipinski definition) is 2. The Labute approximate surface area is 116 Å². The molecule has 1 aromatic rings. The summed E-state index contributed by atoms with van der Waals surface area (Å²) >= 11 is 0. The molecule has 2 aliphatic rings. The van der Waals surface area contributed by atoms with Crippen molar-refractivity contribution in [2.24, 2.45) is 5.73 Å². The second kappa shape index (κ2) is 5.64. The normalized spacial score (nSPS) is 30.9. The number of ether oxygens (including phenoxy) is 1. The topological polar surface area (TPSA) is 35.2 Å². The molecule has 2 N–H and O–H groups in total. The van der Waals surface area contributed by atoms with Gasteiger partial charge in [0.25, 0.3) is 0 Å². The highest BCUT2D eigenvalue weighted by Crippen LogP contribution is 2.36. The minimum absolute atomic E-state index is 0.126. The van der Waals surface area contributed by atoms with Gasteiger partial charge >= 0.3 is 0 Å². The molecule has 0 radical (unpaired) electrons. The number of nitrogens with two attached hydrogens (primary N) is 1. The lowest BCUT2D eigenvalue weighted by molar-refractivity contribution is 0.0949. The standard InChI is InChI=1S/C17H25NO/c18-17(12-10-15-8-5-13-19-15)11-4-3-7-14-6-1-2-9-16(14)17/h1-2,6,9,15H,3-5,7-8,10-13,18H2. The molecule has 0 bridgehead atoms. The lowest BCUT2D eigenvalue weighted by atomic mass is 9.81. The Morgan fingerprint density at radius 1 is 1.21 bits per heavy atom. The highest BCUT2D eigenvalue weighted by Gasteiger charge is 2.32. The molecule has 0 amide bonds. The summed E-state index contributed by atoms with van der Waals surface area (Å²) in [6.07, 6.45) is 9.91. The van der Waals surface area contributed by atoms with Crippen molar-refractivity contribution >= 4 is 0 Å². The number of benzene rings is 1. The minimum Gasteiger partial charge on any atom is -0.378 e. The number of fused-ring (bicyclic) bond motifs is 1. The molecule has 2 heteroatoms. The highest BCUT2D eigenvalue weighted by atomic mass is 16.5. The van der Waals surface area contributed by atoms with E-state index >= 15 is 0 Å². The van der Waals surface area contributed by atoms with Gasteiger partial charge in [-0.3, -0.25) is 0 Å². The van der Waals surface area contributed by atoms with Crippen LogP contribution in [0.2, 0.25) is 0 Å². The van der Waals surface area contributed by atoms with Gasteiger partial charge in [-0.2, -0.15) is 0 Å². The van der Waals surface area contributed by atoms with Crippen LogP contribution in [-0.4, -0.2) is 12.7 Å². The van der Waals surface area contributed by atoms with Crippen molar-refractivity contribution < 1.29 is 4.74 Å². The first-order valence-corrected chi connectivity index (χ1v) is 7.77. The van der Waals surface area contributed by atoms with Crippen LogP contribution < -0.4 is 5.73 Å². The fourth-order valence-electron chi connectivity index (χ4n) is 3.66. The highest BCUT2D eigenvalue weighted by molar-refractivity contribution is 5.34. The van der Waals surface area contributed by atoms with E-state index in [1.54, 1.807) is 0 Å². The zero-order chi connectivity index (χ0) is 13.1. The van der Waals surface area contributed by atoms with Crippen molar-refractivity contribution in [3.63, 3.8) is 0 Å². The van der Waals surface area contributed by atoms with Crippen LogP contribution in [0.1, 0.15) is 56.1 Å². The van der Waals surface area contributed by atoms with Crippen molar-refractivity contribution in [3.8, 4) is 0 Å². The monoisotopic (exact) mass is 259 g/mol. The summed E-state index contributed by atoms with van der Waals surface area (Å²) in [7, 11) is 0. The number of hydrogen-bond donors (Lipinski definition) is 1. The Morgan fingerprint density at radius 3 is 2.95 bits per heavy atom. The van der Waals surface area contributed by atoms with Crippen molar-refractivity contribution in [3.05, 3.63) is 35.4 Å². The lowest BCUT2D eigenvalue weighted by Crippen LogP contribution is -2.37. The van der Waals surface area contributed by atoms with Gasteiger partial charge in [-0.1, -0.05) is 30.7 Å². The summed E-state index contributed by atoms with van der Waals surface area (Å²) in [6.45, 7) is 0.943. The van der Waals surface area contributed by atoms with Crippen molar-refractivity contribution in [1.82, 2.24) is 0 Å². The van der Waals surface area contributed by atoms with Crippen molar-refractivity contribution in [2.75, 3.05) is 6.61 Å². The molecule has 3 rings (SSSR count). The van der Waals surface area contributed by atoms with Gasteiger partial charge in [0.15, 0.2) is 0 Å². The maximum absolute atomic E-state index is 6.79. The first-order valence-electron chi connectivity index (χ1n) is 7.77. The van der Waals surface area contributed by atoms with Crippen molar-refractivity contribution in [2.45, 2.75) is 63.0 Å². The van der Waals surface area contributed by atoms with Crippen LogP contribution in [-0.2, 0) is 16.7 Å². The second-order valence-corrected chi connectivity index (χ2v) is 6.19. The van der Waals surface area contributed by atoms with E-state index in [2.05, 4.69) is 24.3 Å². The third kappa shape index (κ3) is 2.85. The van der Waals surface area contributed by atoms with E-state index in [9.17, 15) is 0 Å². The molecule has 2 unspecified atom stereocenters. The van der Waals surface area contributed by atoms with E-state index < -0.39 is 0 Å². The van der Waals surface area contributed by atoms with Gasteiger partial charge in [-0.25, -0.2) is 0 Å². The Kier molecular flexibility index (Phi) is 3.90. The molecule has 1 heterocycles. The molecular weight excluding hydrogens is 234 g/mol. The predicted molar refractivity (Wildman–Crippen MR) is 78.1 cm³/mol. The Bertz CT molecular complexity index is 425. The van der Waals surface area contributed by atoms with E-state index in [4.69, 9.17) is 10.5 Å². The van der Waals surface area contributed by atoms with Crippen LogP contribution in [0.15, 0.2) is 24.3 Å². The molecule has 19 heavy (non-hydrogen) atoms. The molecule has 1 aliphatic carbocycles. The Balaban J connectivity index is 1.76. The van der Waals surface area contributed by atoms with Gasteiger partial charge < -0.3 is 10.5 Å². The lowest BCUT2D eigenvalue weighted by Gasteiger charge is -2.31. The fraction of sp³-hybridized carbons (Fsp3) is 0.647. The summed E-state index contributed by atoms with van der Waals surface area (Å²) in [5, 5.41) is 0. The van der Waals surface area contributed by atoms with E-state index in [0.717, 1.165) is 25.9 Å². The molecule has 1 fully saturated rings. The maximum Gasteiger partial charge on any atom is 0.0576 e. The van der Waals surface area contributed by atoms with E-state index in [1.807, 2.05) is 0 Å². The molecule has 104 valence electrons. The average molecular weight is 259 g/mol. The molecular formula is C17H25NO. The third-order valence-electron chi connectivity index (χ3n) is 4.81. The molecule has 1 aliphatic heterocycles. The predicted octanol–water partition coefficient (Wildman–Crippen LogP) is 3.53. The van der Waals surface area contributed by atoms with E-state index in [1.165, 1.54) is 43.2 Å². The maximum atomic E-state index is 6.79. The number of aryl methyl sites for hydroxylation is 1. The van der Waals surface area contributed by atoms with Gasteiger partial charge in [-0.05, 0) is 56.1 Å². The molecule has 0 saturated carbocycles. The first kappa shape index (κ1) is 13.1. The summed E-state index contributed by atoms with van der Waals surface area (Å²) in [5.74, 6) is 0. The van der Waals surface area contributed by atoms with Crippen LogP contribution in [0.3, 0.4) is 0 Å². The molecule has 0 spiro atoms. The van der Waals surface area contributed by atoms with Gasteiger partial charge in [0.05, 0.1) is 6.10 Å². The average Bonchev–Trinajstić information content (AvgIpc) is 2.89. The van der Waals surface area contributed by atoms with Gasteiger partial charge in [0, 0.05) is 12.1 Å². The zero-order valence-corrected chi connectivity index (χ0v) is 11.7. The minimum atomic E-state index is -0.126. The molecule has 1 aromatic carbocycles. The van der Waals surface area contributed by atoms with Crippen LogP contribution in [0, 0.1) is 0 Å². The van der Waals surface area contributed by atoms with Crippen LogP contribution in [0.5, 0.6) is 0 Å².